The van der Waals surface area contributed by atoms with Gasteiger partial charge in [-0.3, -0.25) is 0 Å². The van der Waals surface area contributed by atoms with Gasteiger partial charge in [-0.2, -0.15) is 0 Å². The summed E-state index contributed by atoms with van der Waals surface area (Å²) in [5.41, 5.74) is 4.62. The molecule has 8 heteroatoms. The van der Waals surface area contributed by atoms with Crippen molar-refractivity contribution in [2.45, 2.75) is 65.1 Å². The minimum Gasteiger partial charge on any atom is -0.448 e. The van der Waals surface area contributed by atoms with E-state index in [0.29, 0.717) is 15.6 Å². The van der Waals surface area contributed by atoms with Crippen LogP contribution in [0.25, 0.3) is 11.1 Å². The monoisotopic (exact) mass is 596 g/mol. The number of amides is 2. The fourth-order valence-corrected chi connectivity index (χ4v) is 5.49. The molecule has 1 aliphatic carbocycles. The molecule has 0 unspecified atom stereocenters. The van der Waals surface area contributed by atoms with Crippen LogP contribution in [0.5, 0.6) is 0 Å². The summed E-state index contributed by atoms with van der Waals surface area (Å²) < 4.78 is 11.5. The Balaban J connectivity index is 1.58. The summed E-state index contributed by atoms with van der Waals surface area (Å²) in [5.74, 6) is -0.0190. The highest BCUT2D eigenvalue weighted by Gasteiger charge is 2.31. The van der Waals surface area contributed by atoms with Crippen molar-refractivity contribution in [1.29, 1.82) is 0 Å². The summed E-state index contributed by atoms with van der Waals surface area (Å²) in [4.78, 5) is 28.1. The van der Waals surface area contributed by atoms with Gasteiger partial charge in [0.15, 0.2) is 0 Å². The predicted molar refractivity (Wildman–Crippen MR) is 165 cm³/mol. The summed E-state index contributed by atoms with van der Waals surface area (Å²) in [5, 5.41) is 3.76. The molecule has 1 N–H and O–H groups in total. The second-order valence-electron chi connectivity index (χ2n) is 11.5. The van der Waals surface area contributed by atoms with E-state index in [1.54, 1.807) is 17.0 Å². The zero-order valence-electron chi connectivity index (χ0n) is 24.2. The van der Waals surface area contributed by atoms with Gasteiger partial charge in [0.2, 0.25) is 0 Å². The Hall–Kier alpha value is -3.22. The first-order chi connectivity index (χ1) is 19.5. The molecule has 0 saturated heterocycles. The number of fused-ring (bicyclic) bond motifs is 3. The number of hydrogen-bond donors (Lipinski definition) is 1. The lowest BCUT2D eigenvalue weighted by Gasteiger charge is -2.32. The van der Waals surface area contributed by atoms with E-state index < -0.39 is 17.8 Å². The van der Waals surface area contributed by atoms with Gasteiger partial charge in [0.25, 0.3) is 0 Å². The van der Waals surface area contributed by atoms with Crippen molar-refractivity contribution in [3.05, 3.63) is 93.5 Å². The van der Waals surface area contributed by atoms with Gasteiger partial charge in [0, 0.05) is 12.5 Å². The molecular formula is C33H38Cl2N2O4. The van der Waals surface area contributed by atoms with Crippen LogP contribution in [0.2, 0.25) is 10.0 Å². The van der Waals surface area contributed by atoms with Gasteiger partial charge in [-0.1, -0.05) is 104 Å². The average Bonchev–Trinajstić information content (AvgIpc) is 3.25. The minimum absolute atomic E-state index is 0.0567. The molecule has 1 aliphatic rings. The van der Waals surface area contributed by atoms with Crippen molar-refractivity contribution in [3.63, 3.8) is 0 Å². The second kappa shape index (κ2) is 13.2. The van der Waals surface area contributed by atoms with Gasteiger partial charge in [-0.15, -0.1) is 0 Å². The highest BCUT2D eigenvalue weighted by Crippen LogP contribution is 2.44. The number of rotatable bonds is 9. The van der Waals surface area contributed by atoms with Crippen LogP contribution >= 0.6 is 23.2 Å². The summed E-state index contributed by atoms with van der Waals surface area (Å²) in [6.45, 7) is 10.1. The predicted octanol–water partition coefficient (Wildman–Crippen LogP) is 8.68. The number of ether oxygens (including phenoxy) is 2. The van der Waals surface area contributed by atoms with E-state index in [9.17, 15) is 9.59 Å². The molecule has 0 fully saturated rings. The van der Waals surface area contributed by atoms with Crippen molar-refractivity contribution in [1.82, 2.24) is 10.2 Å². The first-order valence-electron chi connectivity index (χ1n) is 14.0. The van der Waals surface area contributed by atoms with E-state index in [2.05, 4.69) is 29.6 Å². The van der Waals surface area contributed by atoms with Gasteiger partial charge in [0.1, 0.15) is 12.2 Å². The Morgan fingerprint density at radius 3 is 2.15 bits per heavy atom. The third-order valence-corrected chi connectivity index (χ3v) is 8.30. The molecule has 0 saturated carbocycles. The summed E-state index contributed by atoms with van der Waals surface area (Å²) in [7, 11) is 0. The number of nitrogens with one attached hydrogen (secondary N) is 1. The zero-order valence-corrected chi connectivity index (χ0v) is 25.8. The third kappa shape index (κ3) is 7.55. The van der Waals surface area contributed by atoms with Crippen LogP contribution in [0.15, 0.2) is 66.7 Å². The van der Waals surface area contributed by atoms with Gasteiger partial charge in [-0.25, -0.2) is 9.59 Å². The molecule has 3 aromatic rings. The maximum Gasteiger partial charge on any atom is 0.410 e. The van der Waals surface area contributed by atoms with Crippen LogP contribution in [0.3, 0.4) is 0 Å². The first kappa shape index (κ1) is 30.7. The second-order valence-corrected chi connectivity index (χ2v) is 12.3. The van der Waals surface area contributed by atoms with Crippen molar-refractivity contribution < 1.29 is 19.1 Å². The van der Waals surface area contributed by atoms with Crippen molar-refractivity contribution >= 4 is 35.4 Å². The molecule has 218 valence electrons. The molecule has 41 heavy (non-hydrogen) atoms. The zero-order chi connectivity index (χ0) is 29.7. The Bertz CT molecular complexity index is 1340. The number of carbonyl (C=O) groups is 2. The van der Waals surface area contributed by atoms with Crippen LogP contribution < -0.4 is 5.32 Å². The van der Waals surface area contributed by atoms with E-state index in [-0.39, 0.29) is 37.6 Å². The quantitative estimate of drug-likeness (QED) is 0.268. The third-order valence-electron chi connectivity index (χ3n) is 7.44. The van der Waals surface area contributed by atoms with Crippen LogP contribution in [0.4, 0.5) is 9.59 Å². The molecule has 6 nitrogen and oxygen atoms in total. The average molecular weight is 598 g/mol. The number of hydrogen-bond acceptors (Lipinski definition) is 4. The fourth-order valence-electron chi connectivity index (χ4n) is 5.11. The van der Waals surface area contributed by atoms with E-state index in [1.807, 2.05) is 65.0 Å². The highest BCUT2D eigenvalue weighted by molar-refractivity contribution is 6.42. The molecule has 3 aromatic carbocycles. The maximum absolute atomic E-state index is 13.8. The Morgan fingerprint density at radius 1 is 0.951 bits per heavy atom. The lowest BCUT2D eigenvalue weighted by atomic mass is 9.98. The fraction of sp³-hybridized carbons (Fsp3) is 0.394. The van der Waals surface area contributed by atoms with Crippen molar-refractivity contribution in [3.8, 4) is 11.1 Å². The lowest BCUT2D eigenvalue weighted by Crippen LogP contribution is -2.50. The molecule has 0 radical (unpaired) electrons. The molecule has 0 bridgehead atoms. The molecule has 4 rings (SSSR count). The highest BCUT2D eigenvalue weighted by atomic mass is 35.5. The van der Waals surface area contributed by atoms with Crippen molar-refractivity contribution in [2.24, 2.45) is 5.92 Å². The summed E-state index contributed by atoms with van der Waals surface area (Å²) in [6, 6.07) is 21.4. The first-order valence-corrected chi connectivity index (χ1v) is 14.8. The molecule has 0 aromatic heterocycles. The van der Waals surface area contributed by atoms with Crippen LogP contribution in [0.1, 0.15) is 63.6 Å². The SMILES string of the molecule is CC[C@H](C)[C@@H](CN(Cc1cccc(Cl)c1Cl)C(=O)OCC1c2ccccc2-c2ccccc21)NC(=O)OC(C)(C)C. The standard InChI is InChI=1S/C33H38Cl2N2O4/c1-6-21(2)29(36-31(38)41-33(3,4)5)19-37(18-22-12-11-17-28(34)30(22)35)32(39)40-20-27-25-15-9-7-13-23(25)24-14-8-10-16-26(24)27/h7-17,21,27,29H,6,18-20H2,1-5H3,(H,36,38)/t21-,29+/m0/s1. The van der Waals surface area contributed by atoms with E-state index in [0.717, 1.165) is 28.7 Å². The Labute approximate surface area is 252 Å². The van der Waals surface area contributed by atoms with Gasteiger partial charge >= 0.3 is 12.2 Å². The number of nitrogens with zero attached hydrogens (tertiary/aromatic N) is 1. The molecular weight excluding hydrogens is 559 g/mol. The topological polar surface area (TPSA) is 67.9 Å². The molecule has 0 aliphatic heterocycles. The van der Waals surface area contributed by atoms with Crippen LogP contribution in [-0.4, -0.2) is 41.9 Å². The number of halogens is 2. The number of alkyl carbamates (subject to hydrolysis) is 1. The lowest BCUT2D eigenvalue weighted by molar-refractivity contribution is 0.0453. The Morgan fingerprint density at radius 2 is 1.56 bits per heavy atom. The molecule has 0 heterocycles. The van der Waals surface area contributed by atoms with Crippen LogP contribution in [-0.2, 0) is 16.0 Å². The summed E-state index contributed by atoms with van der Waals surface area (Å²) in [6.07, 6.45) is -0.241. The largest absolute Gasteiger partial charge is 0.448 e. The smallest absolute Gasteiger partial charge is 0.410 e. The van der Waals surface area contributed by atoms with Crippen LogP contribution in [0, 0.1) is 5.92 Å². The Kier molecular flexibility index (Phi) is 9.88. The molecule has 2 amide bonds. The van der Waals surface area contributed by atoms with E-state index in [1.165, 1.54) is 0 Å². The van der Waals surface area contributed by atoms with Crippen molar-refractivity contribution in [2.75, 3.05) is 13.2 Å². The molecule has 2 atom stereocenters. The normalized spacial score (nSPS) is 14.0. The minimum atomic E-state index is -0.648. The van der Waals surface area contributed by atoms with Gasteiger partial charge in [0.05, 0.1) is 22.6 Å². The number of carbonyl (C=O) groups excluding carboxylic acids is 2. The van der Waals surface area contributed by atoms with Gasteiger partial charge < -0.3 is 19.7 Å². The van der Waals surface area contributed by atoms with E-state index >= 15 is 0 Å². The summed E-state index contributed by atoms with van der Waals surface area (Å²) >= 11 is 12.8. The number of benzene rings is 3. The van der Waals surface area contributed by atoms with E-state index in [4.69, 9.17) is 32.7 Å². The maximum atomic E-state index is 13.8. The molecule has 0 spiro atoms. The van der Waals surface area contributed by atoms with Gasteiger partial charge in [-0.05, 0) is 60.6 Å².